The van der Waals surface area contributed by atoms with Gasteiger partial charge in [-0.25, -0.2) is 9.59 Å². The smallest absolute Gasteiger partial charge is 0.341 e. The number of carboxylic acids is 2. The Labute approximate surface area is 137 Å². The lowest BCUT2D eigenvalue weighted by atomic mass is 10.0. The summed E-state index contributed by atoms with van der Waals surface area (Å²) in [6.07, 6.45) is 0.0682. The van der Waals surface area contributed by atoms with Gasteiger partial charge in [-0.3, -0.25) is 9.59 Å². The van der Waals surface area contributed by atoms with Crippen LogP contribution in [0.4, 0.5) is 0 Å². The number of ether oxygens (including phenoxy) is 1. The molecule has 1 aromatic carbocycles. The number of rotatable bonds is 8. The molecule has 4 N–H and O–H groups in total. The molecule has 0 heterocycles. The van der Waals surface area contributed by atoms with E-state index in [2.05, 4.69) is 10.6 Å². The quantitative estimate of drug-likeness (QED) is 0.507. The molecule has 1 aromatic rings. The van der Waals surface area contributed by atoms with Gasteiger partial charge in [-0.05, 0) is 17.7 Å². The largest absolute Gasteiger partial charge is 0.481 e. The predicted molar refractivity (Wildman–Crippen MR) is 81.9 cm³/mol. The van der Waals surface area contributed by atoms with Crippen LogP contribution in [-0.4, -0.2) is 53.7 Å². The first-order chi connectivity index (χ1) is 11.2. The van der Waals surface area contributed by atoms with Crippen molar-refractivity contribution >= 4 is 23.8 Å². The zero-order chi connectivity index (χ0) is 18.3. The van der Waals surface area contributed by atoms with Crippen LogP contribution in [0.2, 0.25) is 0 Å². The van der Waals surface area contributed by atoms with Gasteiger partial charge in [0.2, 0.25) is 11.8 Å². The summed E-state index contributed by atoms with van der Waals surface area (Å²) in [6.45, 7) is 0.591. The van der Waals surface area contributed by atoms with Crippen LogP contribution in [0.5, 0.6) is 5.75 Å². The molecular weight excluding hydrogens is 320 g/mol. The Morgan fingerprint density at radius 3 is 2.38 bits per heavy atom. The third-order valence-electron chi connectivity index (χ3n) is 3.01. The number of likely N-dealkylation sites (N-methyl/N-ethyl adjacent to an activating group) is 1. The zero-order valence-electron chi connectivity index (χ0n) is 13.2. The van der Waals surface area contributed by atoms with E-state index >= 15 is 0 Å². The van der Waals surface area contributed by atoms with E-state index in [1.54, 1.807) is 0 Å². The molecule has 2 amide bonds. The maximum absolute atomic E-state index is 11.8. The molecule has 9 heteroatoms. The first-order valence-corrected chi connectivity index (χ1v) is 6.94. The molecule has 9 nitrogen and oxygen atoms in total. The molecule has 130 valence electrons. The summed E-state index contributed by atoms with van der Waals surface area (Å²) in [7, 11) is 1.42. The van der Waals surface area contributed by atoms with Crippen LogP contribution >= 0.6 is 0 Å². The van der Waals surface area contributed by atoms with Gasteiger partial charge < -0.3 is 25.6 Å². The Balaban J connectivity index is 3.04. The lowest BCUT2D eigenvalue weighted by molar-refractivity contribution is -0.139. The number of benzene rings is 1. The van der Waals surface area contributed by atoms with Gasteiger partial charge in [-0.2, -0.15) is 0 Å². The molecule has 0 aliphatic heterocycles. The van der Waals surface area contributed by atoms with Crippen LogP contribution in [0.3, 0.4) is 0 Å². The van der Waals surface area contributed by atoms with Crippen LogP contribution in [0, 0.1) is 0 Å². The maximum Gasteiger partial charge on any atom is 0.341 e. The van der Waals surface area contributed by atoms with Crippen LogP contribution in [0.25, 0.3) is 0 Å². The van der Waals surface area contributed by atoms with Crippen molar-refractivity contribution in [1.82, 2.24) is 10.6 Å². The monoisotopic (exact) mass is 338 g/mol. The van der Waals surface area contributed by atoms with Crippen molar-refractivity contribution in [2.75, 3.05) is 13.7 Å². The summed E-state index contributed by atoms with van der Waals surface area (Å²) in [5, 5.41) is 22.7. The average molecular weight is 338 g/mol. The number of amides is 2. The summed E-state index contributed by atoms with van der Waals surface area (Å²) < 4.78 is 4.92. The second-order valence-electron chi connectivity index (χ2n) is 4.89. The molecule has 0 saturated carbocycles. The number of carbonyl (C=O) groups excluding carboxylic acids is 2. The minimum Gasteiger partial charge on any atom is -0.481 e. The molecule has 0 spiro atoms. The maximum atomic E-state index is 11.8. The summed E-state index contributed by atoms with van der Waals surface area (Å²) in [4.78, 5) is 44.8. The molecule has 0 bridgehead atoms. The third kappa shape index (κ3) is 5.59. The van der Waals surface area contributed by atoms with Crippen molar-refractivity contribution < 1.29 is 34.1 Å². The van der Waals surface area contributed by atoms with Crippen molar-refractivity contribution in [1.29, 1.82) is 0 Å². The van der Waals surface area contributed by atoms with Crippen molar-refractivity contribution in [2.24, 2.45) is 0 Å². The van der Waals surface area contributed by atoms with Crippen LogP contribution < -0.4 is 15.4 Å². The van der Waals surface area contributed by atoms with Gasteiger partial charge in [0.05, 0.1) is 0 Å². The van der Waals surface area contributed by atoms with E-state index < -0.39 is 36.4 Å². The highest BCUT2D eigenvalue weighted by Crippen LogP contribution is 2.21. The van der Waals surface area contributed by atoms with E-state index in [0.29, 0.717) is 5.56 Å². The minimum absolute atomic E-state index is 0.0682. The van der Waals surface area contributed by atoms with Gasteiger partial charge in [0.25, 0.3) is 0 Å². The zero-order valence-corrected chi connectivity index (χ0v) is 13.2. The normalized spacial score (nSPS) is 11.2. The predicted octanol–water partition coefficient (Wildman–Crippen LogP) is -0.359. The van der Waals surface area contributed by atoms with Crippen LogP contribution in [-0.2, 0) is 20.8 Å². The van der Waals surface area contributed by atoms with Gasteiger partial charge in [-0.1, -0.05) is 6.07 Å². The van der Waals surface area contributed by atoms with Gasteiger partial charge in [0, 0.05) is 20.4 Å². The van der Waals surface area contributed by atoms with E-state index in [9.17, 15) is 24.3 Å². The van der Waals surface area contributed by atoms with Gasteiger partial charge >= 0.3 is 11.9 Å². The molecular formula is C15H18N2O7. The molecule has 0 unspecified atom stereocenters. The van der Waals surface area contributed by atoms with Crippen LogP contribution in [0.1, 0.15) is 22.8 Å². The molecule has 1 rings (SSSR count). The average Bonchev–Trinajstić information content (AvgIpc) is 2.51. The second kappa shape index (κ2) is 8.51. The molecule has 0 fully saturated rings. The van der Waals surface area contributed by atoms with Crippen molar-refractivity contribution in [3.8, 4) is 5.75 Å². The first kappa shape index (κ1) is 18.9. The lowest BCUT2D eigenvalue weighted by Gasteiger charge is -2.17. The van der Waals surface area contributed by atoms with Crippen molar-refractivity contribution in [2.45, 2.75) is 19.4 Å². The Kier molecular flexibility index (Phi) is 6.72. The Hall–Kier alpha value is -3.10. The summed E-state index contributed by atoms with van der Waals surface area (Å²) in [6, 6.07) is 3.23. The number of hydrogen-bond donors (Lipinski definition) is 4. The van der Waals surface area contributed by atoms with E-state index in [1.807, 2.05) is 0 Å². The lowest BCUT2D eigenvalue weighted by Crippen LogP contribution is -2.46. The number of nitrogens with one attached hydrogen (secondary N) is 2. The van der Waals surface area contributed by atoms with E-state index in [0.717, 1.165) is 0 Å². The van der Waals surface area contributed by atoms with Crippen molar-refractivity contribution in [3.63, 3.8) is 0 Å². The molecule has 0 aliphatic rings. The molecule has 0 radical (unpaired) electrons. The summed E-state index contributed by atoms with van der Waals surface area (Å²) >= 11 is 0. The molecule has 0 aliphatic carbocycles. The topological polar surface area (TPSA) is 142 Å². The fourth-order valence-corrected chi connectivity index (χ4v) is 2.00. The molecule has 0 aromatic heterocycles. The van der Waals surface area contributed by atoms with E-state index in [1.165, 1.54) is 32.2 Å². The fraction of sp³-hybridized carbons (Fsp3) is 0.333. The number of carbonyl (C=O) groups is 4. The Morgan fingerprint density at radius 2 is 1.88 bits per heavy atom. The van der Waals surface area contributed by atoms with Gasteiger partial charge in [0.1, 0.15) is 17.4 Å². The Morgan fingerprint density at radius 1 is 1.21 bits per heavy atom. The van der Waals surface area contributed by atoms with Crippen LogP contribution in [0.15, 0.2) is 18.2 Å². The number of carboxylic acid groups (broad SMARTS) is 2. The van der Waals surface area contributed by atoms with E-state index in [4.69, 9.17) is 9.84 Å². The second-order valence-corrected chi connectivity index (χ2v) is 4.89. The number of aromatic carboxylic acids is 1. The third-order valence-corrected chi connectivity index (χ3v) is 3.01. The molecule has 1 atom stereocenters. The molecule has 0 saturated heterocycles. The highest BCUT2D eigenvalue weighted by molar-refractivity contribution is 5.91. The van der Waals surface area contributed by atoms with E-state index in [-0.39, 0.29) is 17.7 Å². The fourth-order valence-electron chi connectivity index (χ4n) is 2.00. The van der Waals surface area contributed by atoms with Gasteiger partial charge in [-0.15, -0.1) is 0 Å². The Bertz CT molecular complexity index is 657. The SMILES string of the molecule is CNC(=O)[C@H](Cc1ccc(OCC(=O)O)c(C(=O)O)c1)NC(C)=O. The summed E-state index contributed by atoms with van der Waals surface area (Å²) in [5.74, 6) is -3.45. The highest BCUT2D eigenvalue weighted by atomic mass is 16.5. The minimum atomic E-state index is -1.30. The number of aliphatic carboxylic acids is 1. The number of hydrogen-bond acceptors (Lipinski definition) is 5. The molecule has 24 heavy (non-hydrogen) atoms. The first-order valence-electron chi connectivity index (χ1n) is 6.94. The summed E-state index contributed by atoms with van der Waals surface area (Å²) in [5.41, 5.74) is 0.240. The van der Waals surface area contributed by atoms with Crippen molar-refractivity contribution in [3.05, 3.63) is 29.3 Å². The van der Waals surface area contributed by atoms with Gasteiger partial charge in [0.15, 0.2) is 6.61 Å². The highest BCUT2D eigenvalue weighted by Gasteiger charge is 2.20. The standard InChI is InChI=1S/C15H18N2O7/c1-8(18)17-11(14(21)16-2)6-9-3-4-12(24-7-13(19)20)10(5-9)15(22)23/h3-5,11H,6-7H2,1-2H3,(H,16,21)(H,17,18)(H,19,20)(H,22,23)/t11-/m0/s1.